The third kappa shape index (κ3) is 3.06. The van der Waals surface area contributed by atoms with E-state index < -0.39 is 0 Å². The van der Waals surface area contributed by atoms with E-state index in [1.54, 1.807) is 6.33 Å². The molecule has 2 heterocycles. The van der Waals surface area contributed by atoms with Gasteiger partial charge < -0.3 is 10.3 Å². The number of anilines is 1. The lowest BCUT2D eigenvalue weighted by Gasteiger charge is -2.18. The highest BCUT2D eigenvalue weighted by molar-refractivity contribution is 6.28. The Hall–Kier alpha value is -1.36. The summed E-state index contributed by atoms with van der Waals surface area (Å²) >= 11 is 5.83. The average Bonchev–Trinajstić information content (AvgIpc) is 2.63. The molecule has 0 saturated carbocycles. The van der Waals surface area contributed by atoms with E-state index in [0.29, 0.717) is 11.5 Å². The van der Waals surface area contributed by atoms with Crippen LogP contribution in [-0.2, 0) is 0 Å². The maximum Gasteiger partial charge on any atom is 0.226 e. The Labute approximate surface area is 105 Å². The van der Waals surface area contributed by atoms with Crippen molar-refractivity contribution in [2.24, 2.45) is 5.41 Å². The van der Waals surface area contributed by atoms with Crippen molar-refractivity contribution in [2.75, 3.05) is 11.9 Å². The van der Waals surface area contributed by atoms with E-state index in [-0.39, 0.29) is 10.7 Å². The van der Waals surface area contributed by atoms with Crippen LogP contribution in [0.2, 0.25) is 5.28 Å². The molecule has 0 unspecified atom stereocenters. The zero-order valence-corrected chi connectivity index (χ0v) is 11.0. The highest BCUT2D eigenvalue weighted by Gasteiger charge is 2.12. The lowest BCUT2D eigenvalue weighted by Crippen LogP contribution is -2.13. The van der Waals surface area contributed by atoms with E-state index in [2.05, 4.69) is 46.0 Å². The van der Waals surface area contributed by atoms with Crippen LogP contribution in [0.4, 0.5) is 5.82 Å². The van der Waals surface area contributed by atoms with Crippen LogP contribution in [0.1, 0.15) is 27.2 Å². The molecule has 0 spiro atoms. The number of fused-ring (bicyclic) bond motifs is 1. The summed E-state index contributed by atoms with van der Waals surface area (Å²) in [4.78, 5) is 15.3. The quantitative estimate of drug-likeness (QED) is 0.826. The summed E-state index contributed by atoms with van der Waals surface area (Å²) in [6, 6.07) is 0. The fraction of sp³-hybridized carbons (Fsp3) is 0.545. The van der Waals surface area contributed by atoms with Gasteiger partial charge in [0, 0.05) is 6.54 Å². The Morgan fingerprint density at radius 2 is 2.12 bits per heavy atom. The van der Waals surface area contributed by atoms with Gasteiger partial charge in [-0.25, -0.2) is 4.98 Å². The molecule has 2 N–H and O–H groups in total. The summed E-state index contributed by atoms with van der Waals surface area (Å²) < 4.78 is 0. The molecule has 0 radical (unpaired) electrons. The molecule has 0 aliphatic rings. The lowest BCUT2D eigenvalue weighted by atomic mass is 9.92. The molecule has 6 heteroatoms. The second-order valence-corrected chi connectivity index (χ2v) is 5.52. The number of halogens is 1. The van der Waals surface area contributed by atoms with Crippen LogP contribution in [0.5, 0.6) is 0 Å². The summed E-state index contributed by atoms with van der Waals surface area (Å²) in [5.74, 6) is 0.710. The molecule has 17 heavy (non-hydrogen) atoms. The number of aromatic amines is 1. The van der Waals surface area contributed by atoms with E-state index in [9.17, 15) is 0 Å². The number of nitrogens with one attached hydrogen (secondary N) is 2. The normalized spacial score (nSPS) is 12.0. The fourth-order valence-electron chi connectivity index (χ4n) is 1.49. The Kier molecular flexibility index (Phi) is 3.19. The van der Waals surface area contributed by atoms with Crippen LogP contribution in [0.25, 0.3) is 11.2 Å². The molecule has 92 valence electrons. The molecule has 2 aromatic rings. The van der Waals surface area contributed by atoms with E-state index in [4.69, 9.17) is 11.6 Å². The highest BCUT2D eigenvalue weighted by atomic mass is 35.5. The van der Waals surface area contributed by atoms with Crippen LogP contribution in [0.3, 0.4) is 0 Å². The standard InChI is InChI=1S/C11H16ClN5/c1-11(2,3)4-5-13-8-7-9(15-6-14-7)17-10(12)16-8/h6H,4-5H2,1-3H3,(H2,13,14,15,16,17). The van der Waals surface area contributed by atoms with Gasteiger partial charge in [-0.1, -0.05) is 20.8 Å². The first-order valence-electron chi connectivity index (χ1n) is 5.56. The van der Waals surface area contributed by atoms with Gasteiger partial charge in [0.1, 0.15) is 5.52 Å². The zero-order valence-electron chi connectivity index (χ0n) is 10.2. The van der Waals surface area contributed by atoms with Crippen LogP contribution >= 0.6 is 11.6 Å². The van der Waals surface area contributed by atoms with Gasteiger partial charge in [0.15, 0.2) is 11.5 Å². The van der Waals surface area contributed by atoms with Gasteiger partial charge in [0.25, 0.3) is 0 Å². The van der Waals surface area contributed by atoms with Crippen LogP contribution < -0.4 is 5.32 Å². The SMILES string of the molecule is CC(C)(C)CCNc1nc(Cl)nc2nc[nH]c12. The van der Waals surface area contributed by atoms with Crippen molar-refractivity contribution in [1.82, 2.24) is 19.9 Å². The first kappa shape index (κ1) is 12.1. The molecule has 0 atom stereocenters. The van der Waals surface area contributed by atoms with E-state index in [1.807, 2.05) is 0 Å². The third-order valence-electron chi connectivity index (χ3n) is 2.43. The minimum atomic E-state index is 0.211. The van der Waals surface area contributed by atoms with Crippen molar-refractivity contribution in [2.45, 2.75) is 27.2 Å². The van der Waals surface area contributed by atoms with Crippen LogP contribution in [0.15, 0.2) is 6.33 Å². The Morgan fingerprint density at radius 3 is 2.82 bits per heavy atom. The largest absolute Gasteiger partial charge is 0.368 e. The first-order chi connectivity index (χ1) is 7.96. The molecule has 0 aliphatic carbocycles. The lowest BCUT2D eigenvalue weighted by molar-refractivity contribution is 0.389. The maximum atomic E-state index is 5.83. The topological polar surface area (TPSA) is 66.5 Å². The monoisotopic (exact) mass is 253 g/mol. The van der Waals surface area contributed by atoms with Crippen molar-refractivity contribution in [3.8, 4) is 0 Å². The number of hydrogen-bond acceptors (Lipinski definition) is 4. The molecular formula is C11H16ClN5. The van der Waals surface area contributed by atoms with Crippen LogP contribution in [-0.4, -0.2) is 26.5 Å². The molecule has 2 aromatic heterocycles. The van der Waals surface area contributed by atoms with Crippen molar-refractivity contribution < 1.29 is 0 Å². The molecule has 0 fully saturated rings. The number of H-pyrrole nitrogens is 1. The van der Waals surface area contributed by atoms with Crippen molar-refractivity contribution in [1.29, 1.82) is 0 Å². The van der Waals surface area contributed by atoms with Gasteiger partial charge in [-0.05, 0) is 23.4 Å². The highest BCUT2D eigenvalue weighted by Crippen LogP contribution is 2.21. The van der Waals surface area contributed by atoms with Gasteiger partial charge in [-0.2, -0.15) is 9.97 Å². The summed E-state index contributed by atoms with van der Waals surface area (Å²) in [5.41, 5.74) is 1.67. The minimum absolute atomic E-state index is 0.211. The van der Waals surface area contributed by atoms with Gasteiger partial charge in [0.05, 0.1) is 6.33 Å². The minimum Gasteiger partial charge on any atom is -0.368 e. The number of nitrogens with zero attached hydrogens (tertiary/aromatic N) is 3. The molecule has 0 aliphatic heterocycles. The van der Waals surface area contributed by atoms with Crippen molar-refractivity contribution >= 4 is 28.6 Å². The Bertz CT molecular complexity index is 514. The van der Waals surface area contributed by atoms with Crippen molar-refractivity contribution in [3.63, 3.8) is 0 Å². The molecule has 5 nitrogen and oxygen atoms in total. The molecule has 2 rings (SSSR count). The number of aromatic nitrogens is 4. The summed E-state index contributed by atoms with van der Waals surface area (Å²) in [5, 5.41) is 3.48. The molecule has 0 aromatic carbocycles. The molecule has 0 saturated heterocycles. The van der Waals surface area contributed by atoms with Gasteiger partial charge in [-0.3, -0.25) is 0 Å². The smallest absolute Gasteiger partial charge is 0.226 e. The Morgan fingerprint density at radius 1 is 1.35 bits per heavy atom. The number of imidazole rings is 1. The molecule has 0 amide bonds. The van der Waals surface area contributed by atoms with Crippen LogP contribution in [0, 0.1) is 5.41 Å². The van der Waals surface area contributed by atoms with E-state index >= 15 is 0 Å². The fourth-order valence-corrected chi connectivity index (χ4v) is 1.66. The second kappa shape index (κ2) is 4.49. The predicted octanol–water partition coefficient (Wildman–Crippen LogP) is 2.85. The Balaban J connectivity index is 2.15. The predicted molar refractivity (Wildman–Crippen MR) is 69.3 cm³/mol. The first-order valence-corrected chi connectivity index (χ1v) is 5.94. The van der Waals surface area contributed by atoms with Gasteiger partial charge in [-0.15, -0.1) is 0 Å². The van der Waals surface area contributed by atoms with E-state index in [1.165, 1.54) is 0 Å². The van der Waals surface area contributed by atoms with E-state index in [0.717, 1.165) is 18.5 Å². The number of rotatable bonds is 3. The average molecular weight is 254 g/mol. The van der Waals surface area contributed by atoms with Gasteiger partial charge >= 0.3 is 0 Å². The van der Waals surface area contributed by atoms with Crippen molar-refractivity contribution in [3.05, 3.63) is 11.6 Å². The maximum absolute atomic E-state index is 5.83. The van der Waals surface area contributed by atoms with Gasteiger partial charge in [0.2, 0.25) is 5.28 Å². The summed E-state index contributed by atoms with van der Waals surface area (Å²) in [7, 11) is 0. The summed E-state index contributed by atoms with van der Waals surface area (Å²) in [6.07, 6.45) is 2.63. The molecule has 0 bridgehead atoms. The third-order valence-corrected chi connectivity index (χ3v) is 2.59. The zero-order chi connectivity index (χ0) is 12.5. The second-order valence-electron chi connectivity index (χ2n) is 5.18. The number of hydrogen-bond donors (Lipinski definition) is 2. The molecular weight excluding hydrogens is 238 g/mol. The summed E-state index contributed by atoms with van der Waals surface area (Å²) in [6.45, 7) is 7.44.